The van der Waals surface area contributed by atoms with E-state index in [1.54, 1.807) is 12.1 Å². The Morgan fingerprint density at radius 3 is 2.39 bits per heavy atom. The molecular formula is C26H34F2N2O3. The minimum atomic E-state index is -2.86. The number of carboxylic acid groups (broad SMARTS) is 1. The standard InChI is InChI=1S/C26H34F2N2O3/c1-3-18(17-25(31)32)19-10-15-24(30(4-2)21-8-6-5-7-9-21)23(16-19)29-20-11-13-22(14-12-20)33-26(27)28/h10-16,18,21,26,29H,3-9,17H2,1-2H3,(H,31,32). The number of anilines is 3. The van der Waals surface area contributed by atoms with E-state index >= 15 is 0 Å². The molecule has 2 N–H and O–H groups in total. The maximum Gasteiger partial charge on any atom is 0.387 e. The Morgan fingerprint density at radius 2 is 1.82 bits per heavy atom. The molecule has 7 heteroatoms. The highest BCUT2D eigenvalue weighted by atomic mass is 19.3. The van der Waals surface area contributed by atoms with Crippen LogP contribution < -0.4 is 15.0 Å². The van der Waals surface area contributed by atoms with Crippen molar-refractivity contribution in [2.45, 2.75) is 77.4 Å². The fourth-order valence-corrected chi connectivity index (χ4v) is 4.76. The number of halogens is 2. The Hall–Kier alpha value is -2.83. The van der Waals surface area contributed by atoms with Crippen LogP contribution >= 0.6 is 0 Å². The second kappa shape index (κ2) is 11.9. The van der Waals surface area contributed by atoms with E-state index < -0.39 is 12.6 Å². The Kier molecular flexibility index (Phi) is 8.92. The molecule has 1 unspecified atom stereocenters. The van der Waals surface area contributed by atoms with Crippen LogP contribution in [0.25, 0.3) is 0 Å². The first kappa shape index (κ1) is 24.8. The Labute approximate surface area is 194 Å². The molecule has 0 spiro atoms. The van der Waals surface area contributed by atoms with Crippen LogP contribution in [0.2, 0.25) is 0 Å². The van der Waals surface area contributed by atoms with Crippen molar-refractivity contribution in [2.75, 3.05) is 16.8 Å². The van der Waals surface area contributed by atoms with E-state index in [4.69, 9.17) is 0 Å². The second-order valence-corrected chi connectivity index (χ2v) is 8.59. The Bertz CT molecular complexity index is 899. The Balaban J connectivity index is 1.95. The van der Waals surface area contributed by atoms with Gasteiger partial charge in [0.25, 0.3) is 0 Å². The number of rotatable bonds is 11. The number of nitrogens with zero attached hydrogens (tertiary/aromatic N) is 1. The first-order valence-electron chi connectivity index (χ1n) is 11.9. The maximum absolute atomic E-state index is 12.5. The number of ether oxygens (including phenoxy) is 1. The van der Waals surface area contributed by atoms with Gasteiger partial charge in [-0.15, -0.1) is 0 Å². The average Bonchev–Trinajstić information content (AvgIpc) is 2.80. The lowest BCUT2D eigenvalue weighted by molar-refractivity contribution is -0.137. The van der Waals surface area contributed by atoms with Gasteiger partial charge in [-0.05, 0) is 74.1 Å². The largest absolute Gasteiger partial charge is 0.481 e. The molecule has 1 aliphatic rings. The third-order valence-corrected chi connectivity index (χ3v) is 6.43. The number of hydrogen-bond donors (Lipinski definition) is 2. The molecule has 3 rings (SSSR count). The number of aliphatic carboxylic acids is 1. The molecule has 1 saturated carbocycles. The molecule has 2 aromatic rings. The lowest BCUT2D eigenvalue weighted by Gasteiger charge is -2.37. The summed E-state index contributed by atoms with van der Waals surface area (Å²) < 4.78 is 29.4. The molecule has 0 aromatic heterocycles. The third-order valence-electron chi connectivity index (χ3n) is 6.43. The van der Waals surface area contributed by atoms with Crippen LogP contribution in [0.1, 0.15) is 70.3 Å². The lowest BCUT2D eigenvalue weighted by Crippen LogP contribution is -2.37. The summed E-state index contributed by atoms with van der Waals surface area (Å²) >= 11 is 0. The van der Waals surface area contributed by atoms with Crippen LogP contribution in [-0.2, 0) is 4.79 Å². The van der Waals surface area contributed by atoms with Crippen molar-refractivity contribution in [1.82, 2.24) is 0 Å². The molecule has 0 heterocycles. The van der Waals surface area contributed by atoms with Crippen molar-refractivity contribution < 1.29 is 23.4 Å². The van der Waals surface area contributed by atoms with E-state index in [9.17, 15) is 18.7 Å². The summed E-state index contributed by atoms with van der Waals surface area (Å²) in [5, 5.41) is 12.8. The molecule has 5 nitrogen and oxygen atoms in total. The highest BCUT2D eigenvalue weighted by molar-refractivity contribution is 5.77. The van der Waals surface area contributed by atoms with Crippen molar-refractivity contribution in [3.05, 3.63) is 48.0 Å². The van der Waals surface area contributed by atoms with Crippen molar-refractivity contribution in [2.24, 2.45) is 0 Å². The molecule has 1 fully saturated rings. The summed E-state index contributed by atoms with van der Waals surface area (Å²) in [6.07, 6.45) is 6.85. The van der Waals surface area contributed by atoms with Crippen molar-refractivity contribution in [1.29, 1.82) is 0 Å². The van der Waals surface area contributed by atoms with Crippen LogP contribution in [0.5, 0.6) is 5.75 Å². The molecule has 0 bridgehead atoms. The molecule has 0 amide bonds. The van der Waals surface area contributed by atoms with Gasteiger partial charge >= 0.3 is 12.6 Å². The van der Waals surface area contributed by atoms with Gasteiger partial charge in [-0.25, -0.2) is 0 Å². The maximum atomic E-state index is 12.5. The monoisotopic (exact) mass is 460 g/mol. The van der Waals surface area contributed by atoms with Gasteiger partial charge in [-0.1, -0.05) is 32.3 Å². The van der Waals surface area contributed by atoms with Gasteiger partial charge in [-0.3, -0.25) is 4.79 Å². The fraction of sp³-hybridized carbons (Fsp3) is 0.500. The fourth-order valence-electron chi connectivity index (χ4n) is 4.76. The number of benzene rings is 2. The van der Waals surface area contributed by atoms with Gasteiger partial charge in [0, 0.05) is 18.3 Å². The van der Waals surface area contributed by atoms with E-state index in [1.807, 2.05) is 19.1 Å². The van der Waals surface area contributed by atoms with Gasteiger partial charge < -0.3 is 20.1 Å². The van der Waals surface area contributed by atoms with Gasteiger partial charge in [0.15, 0.2) is 0 Å². The molecule has 0 radical (unpaired) electrons. The molecule has 0 aliphatic heterocycles. The van der Waals surface area contributed by atoms with Crippen LogP contribution in [0.4, 0.5) is 25.8 Å². The summed E-state index contributed by atoms with van der Waals surface area (Å²) in [5.41, 5.74) is 3.70. The topological polar surface area (TPSA) is 61.8 Å². The molecule has 180 valence electrons. The third kappa shape index (κ3) is 6.83. The molecule has 1 atom stereocenters. The number of alkyl halides is 2. The zero-order valence-electron chi connectivity index (χ0n) is 19.4. The minimum absolute atomic E-state index is 0.0784. The van der Waals surface area contributed by atoms with Gasteiger partial charge in [0.1, 0.15) is 5.75 Å². The normalized spacial score (nSPS) is 15.3. The molecule has 1 aliphatic carbocycles. The smallest absolute Gasteiger partial charge is 0.387 e. The summed E-state index contributed by atoms with van der Waals surface area (Å²) in [7, 11) is 0. The first-order chi connectivity index (χ1) is 15.9. The second-order valence-electron chi connectivity index (χ2n) is 8.59. The van der Waals surface area contributed by atoms with Crippen LogP contribution in [0, 0.1) is 0 Å². The number of nitrogens with one attached hydrogen (secondary N) is 1. The summed E-state index contributed by atoms with van der Waals surface area (Å²) in [5.74, 6) is -0.787. The lowest BCUT2D eigenvalue weighted by atomic mass is 9.91. The van der Waals surface area contributed by atoms with E-state index in [0.717, 1.165) is 48.4 Å². The van der Waals surface area contributed by atoms with Gasteiger partial charge in [0.2, 0.25) is 0 Å². The molecule has 33 heavy (non-hydrogen) atoms. The predicted molar refractivity (Wildman–Crippen MR) is 128 cm³/mol. The van der Waals surface area contributed by atoms with Crippen molar-refractivity contribution in [3.8, 4) is 5.75 Å². The molecule has 2 aromatic carbocycles. The number of carbonyl (C=O) groups is 1. The summed E-state index contributed by atoms with van der Waals surface area (Å²) in [6, 6.07) is 13.1. The molecule has 0 saturated heterocycles. The van der Waals surface area contributed by atoms with Crippen molar-refractivity contribution in [3.63, 3.8) is 0 Å². The summed E-state index contributed by atoms with van der Waals surface area (Å²) in [6.45, 7) is 2.16. The Morgan fingerprint density at radius 1 is 1.12 bits per heavy atom. The quantitative estimate of drug-likeness (QED) is 0.373. The van der Waals surface area contributed by atoms with Gasteiger partial charge in [0.05, 0.1) is 17.8 Å². The predicted octanol–water partition coefficient (Wildman–Crippen LogP) is 7.16. The highest BCUT2D eigenvalue weighted by Crippen LogP contribution is 2.37. The first-order valence-corrected chi connectivity index (χ1v) is 11.9. The zero-order chi connectivity index (χ0) is 23.8. The minimum Gasteiger partial charge on any atom is -0.481 e. The zero-order valence-corrected chi connectivity index (χ0v) is 19.4. The summed E-state index contributed by atoms with van der Waals surface area (Å²) in [4.78, 5) is 13.8. The SMILES string of the molecule is CCC(CC(=O)O)c1ccc(N(CC)C2CCCCC2)c(Nc2ccc(OC(F)F)cc2)c1. The van der Waals surface area contributed by atoms with E-state index in [-0.39, 0.29) is 18.1 Å². The van der Waals surface area contributed by atoms with Crippen LogP contribution in [0.15, 0.2) is 42.5 Å². The van der Waals surface area contributed by atoms with E-state index in [2.05, 4.69) is 27.9 Å². The van der Waals surface area contributed by atoms with Crippen LogP contribution in [0.3, 0.4) is 0 Å². The van der Waals surface area contributed by atoms with Crippen LogP contribution in [-0.4, -0.2) is 30.3 Å². The number of hydrogen-bond acceptors (Lipinski definition) is 4. The molecular weight excluding hydrogens is 426 g/mol. The highest BCUT2D eigenvalue weighted by Gasteiger charge is 2.23. The average molecular weight is 461 g/mol. The number of carboxylic acids is 1. The van der Waals surface area contributed by atoms with E-state index in [1.165, 1.54) is 31.4 Å². The van der Waals surface area contributed by atoms with E-state index in [0.29, 0.717) is 6.04 Å². The van der Waals surface area contributed by atoms with Crippen molar-refractivity contribution >= 4 is 23.0 Å². The van der Waals surface area contributed by atoms with Gasteiger partial charge in [-0.2, -0.15) is 8.78 Å².